The van der Waals surface area contributed by atoms with E-state index >= 15 is 0 Å². The Balaban J connectivity index is 1.42. The molecule has 0 aliphatic heterocycles. The molecular weight excluding hydrogens is 330 g/mol. The number of hydrogen-bond acceptors (Lipinski definition) is 3. The molecule has 1 aromatic heterocycles. The smallest absolute Gasteiger partial charge is 0.130 e. The summed E-state index contributed by atoms with van der Waals surface area (Å²) in [5.41, 5.74) is 9.10. The number of anilines is 3. The zero-order chi connectivity index (χ0) is 17.0. The van der Waals surface area contributed by atoms with Gasteiger partial charge in [-0.05, 0) is 91.5 Å². The van der Waals surface area contributed by atoms with Crippen LogP contribution < -0.4 is 11.1 Å². The standard InChI is InChI=1S/C21H24ClN3/c22-18-8-16(1-3-19(18)25-20-4-2-17(23)12-24-20)21-9-13-5-14(10-21)7-15(6-13)11-21/h1-4,8,12-15H,5-7,9-11,23H2,(H,24,25). The van der Waals surface area contributed by atoms with Gasteiger partial charge < -0.3 is 11.1 Å². The molecule has 1 heterocycles. The third-order valence-electron chi connectivity index (χ3n) is 6.67. The van der Waals surface area contributed by atoms with E-state index in [9.17, 15) is 0 Å². The lowest BCUT2D eigenvalue weighted by Gasteiger charge is -2.57. The Morgan fingerprint density at radius 3 is 2.24 bits per heavy atom. The molecule has 0 unspecified atom stereocenters. The lowest BCUT2D eigenvalue weighted by molar-refractivity contribution is -0.00517. The van der Waals surface area contributed by atoms with Gasteiger partial charge in [-0.2, -0.15) is 0 Å². The van der Waals surface area contributed by atoms with Crippen molar-refractivity contribution in [2.24, 2.45) is 17.8 Å². The fourth-order valence-electron chi connectivity index (χ4n) is 6.03. The molecule has 25 heavy (non-hydrogen) atoms. The van der Waals surface area contributed by atoms with E-state index in [0.29, 0.717) is 11.1 Å². The van der Waals surface area contributed by atoms with Crippen LogP contribution in [-0.4, -0.2) is 4.98 Å². The van der Waals surface area contributed by atoms with Crippen LogP contribution >= 0.6 is 11.6 Å². The van der Waals surface area contributed by atoms with E-state index in [2.05, 4.69) is 28.5 Å². The Labute approximate surface area is 154 Å². The molecule has 3 N–H and O–H groups in total. The van der Waals surface area contributed by atoms with Gasteiger partial charge >= 0.3 is 0 Å². The van der Waals surface area contributed by atoms with Crippen LogP contribution in [0.3, 0.4) is 0 Å². The fraction of sp³-hybridized carbons (Fsp3) is 0.476. The van der Waals surface area contributed by atoms with Gasteiger partial charge in [0.1, 0.15) is 5.82 Å². The maximum atomic E-state index is 6.64. The lowest BCUT2D eigenvalue weighted by atomic mass is 9.48. The predicted octanol–water partition coefficient (Wildman–Crippen LogP) is 5.53. The van der Waals surface area contributed by atoms with Crippen LogP contribution in [0.5, 0.6) is 0 Å². The summed E-state index contributed by atoms with van der Waals surface area (Å²) in [6.45, 7) is 0. The molecule has 4 bridgehead atoms. The molecule has 3 nitrogen and oxygen atoms in total. The molecular formula is C21H24ClN3. The number of nitrogens with zero attached hydrogens (tertiary/aromatic N) is 1. The predicted molar refractivity (Wildman–Crippen MR) is 103 cm³/mol. The lowest BCUT2D eigenvalue weighted by Crippen LogP contribution is -2.48. The molecule has 2 aromatic rings. The Kier molecular flexibility index (Phi) is 3.50. The molecule has 4 saturated carbocycles. The van der Waals surface area contributed by atoms with Gasteiger partial charge in [0.15, 0.2) is 0 Å². The summed E-state index contributed by atoms with van der Waals surface area (Å²) in [6.07, 6.45) is 10.1. The van der Waals surface area contributed by atoms with Crippen molar-refractivity contribution in [3.63, 3.8) is 0 Å². The molecule has 4 fully saturated rings. The van der Waals surface area contributed by atoms with E-state index in [1.165, 1.54) is 44.1 Å². The molecule has 4 heteroatoms. The molecule has 0 atom stereocenters. The zero-order valence-electron chi connectivity index (χ0n) is 14.3. The minimum Gasteiger partial charge on any atom is -0.397 e. The highest BCUT2D eigenvalue weighted by Gasteiger charge is 2.51. The van der Waals surface area contributed by atoms with Gasteiger partial charge in [0.25, 0.3) is 0 Å². The maximum absolute atomic E-state index is 6.64. The molecule has 0 saturated heterocycles. The molecule has 0 amide bonds. The van der Waals surface area contributed by atoms with Crippen LogP contribution in [0.1, 0.15) is 44.1 Å². The highest BCUT2D eigenvalue weighted by Crippen LogP contribution is 2.61. The minimum absolute atomic E-state index is 0.385. The number of aromatic nitrogens is 1. The first kappa shape index (κ1) is 15.5. The minimum atomic E-state index is 0.385. The highest BCUT2D eigenvalue weighted by atomic mass is 35.5. The maximum Gasteiger partial charge on any atom is 0.130 e. The molecule has 4 aliphatic carbocycles. The van der Waals surface area contributed by atoms with Gasteiger partial charge in [-0.1, -0.05) is 17.7 Å². The largest absolute Gasteiger partial charge is 0.397 e. The second-order valence-corrected chi connectivity index (χ2v) is 8.90. The number of nitrogen functional groups attached to an aromatic ring is 1. The summed E-state index contributed by atoms with van der Waals surface area (Å²) in [6, 6.07) is 10.3. The van der Waals surface area contributed by atoms with E-state index in [1.807, 2.05) is 12.1 Å². The number of nitrogens with one attached hydrogen (secondary N) is 1. The van der Waals surface area contributed by atoms with Crippen LogP contribution in [0.4, 0.5) is 17.2 Å². The first-order valence-corrected chi connectivity index (χ1v) is 9.76. The second-order valence-electron chi connectivity index (χ2n) is 8.49. The highest BCUT2D eigenvalue weighted by molar-refractivity contribution is 6.33. The Hall–Kier alpha value is -1.74. The van der Waals surface area contributed by atoms with Crippen molar-refractivity contribution in [2.75, 3.05) is 11.1 Å². The molecule has 0 radical (unpaired) electrons. The zero-order valence-corrected chi connectivity index (χ0v) is 15.1. The molecule has 0 spiro atoms. The summed E-state index contributed by atoms with van der Waals surface area (Å²) < 4.78 is 0. The normalized spacial score (nSPS) is 32.8. The van der Waals surface area contributed by atoms with Gasteiger partial charge in [0, 0.05) is 0 Å². The number of nitrogens with two attached hydrogens (primary N) is 1. The van der Waals surface area contributed by atoms with E-state index in [-0.39, 0.29) is 0 Å². The van der Waals surface area contributed by atoms with Gasteiger partial charge in [0.05, 0.1) is 22.6 Å². The molecule has 6 rings (SSSR count). The summed E-state index contributed by atoms with van der Waals surface area (Å²) in [7, 11) is 0. The SMILES string of the molecule is Nc1ccc(Nc2ccc(C34CC5CC(CC(C5)C3)C4)cc2Cl)nc1. The van der Waals surface area contributed by atoms with Gasteiger partial charge in [-0.15, -0.1) is 0 Å². The summed E-state index contributed by atoms with van der Waals surface area (Å²) in [4.78, 5) is 4.30. The Morgan fingerprint density at radius 2 is 1.68 bits per heavy atom. The summed E-state index contributed by atoms with van der Waals surface area (Å²) in [5, 5.41) is 4.09. The first-order chi connectivity index (χ1) is 12.1. The average Bonchev–Trinajstić information content (AvgIpc) is 2.57. The van der Waals surface area contributed by atoms with Crippen molar-refractivity contribution in [3.8, 4) is 0 Å². The Bertz CT molecular complexity index is 764. The van der Waals surface area contributed by atoms with E-state index in [4.69, 9.17) is 17.3 Å². The quantitative estimate of drug-likeness (QED) is 0.762. The number of benzene rings is 1. The van der Waals surface area contributed by atoms with E-state index in [1.54, 1.807) is 6.20 Å². The van der Waals surface area contributed by atoms with E-state index in [0.717, 1.165) is 34.3 Å². The van der Waals surface area contributed by atoms with Crippen molar-refractivity contribution in [2.45, 2.75) is 43.9 Å². The van der Waals surface area contributed by atoms with Crippen LogP contribution in [0, 0.1) is 17.8 Å². The molecule has 130 valence electrons. The number of hydrogen-bond donors (Lipinski definition) is 2. The van der Waals surface area contributed by atoms with Gasteiger partial charge in [0.2, 0.25) is 0 Å². The van der Waals surface area contributed by atoms with Crippen LogP contribution in [0.2, 0.25) is 5.02 Å². The van der Waals surface area contributed by atoms with Crippen LogP contribution in [-0.2, 0) is 5.41 Å². The third kappa shape index (κ3) is 2.69. The third-order valence-corrected chi connectivity index (χ3v) is 6.98. The fourth-order valence-corrected chi connectivity index (χ4v) is 6.26. The van der Waals surface area contributed by atoms with Crippen LogP contribution in [0.15, 0.2) is 36.5 Å². The number of halogens is 1. The van der Waals surface area contributed by atoms with Gasteiger partial charge in [-0.25, -0.2) is 4.98 Å². The van der Waals surface area contributed by atoms with E-state index < -0.39 is 0 Å². The van der Waals surface area contributed by atoms with Crippen LogP contribution in [0.25, 0.3) is 0 Å². The van der Waals surface area contributed by atoms with Crippen molar-refractivity contribution in [1.29, 1.82) is 0 Å². The van der Waals surface area contributed by atoms with Crippen molar-refractivity contribution in [1.82, 2.24) is 4.98 Å². The van der Waals surface area contributed by atoms with Crippen molar-refractivity contribution in [3.05, 3.63) is 47.1 Å². The molecule has 4 aliphatic rings. The summed E-state index contributed by atoms with van der Waals surface area (Å²) in [5.74, 6) is 3.60. The van der Waals surface area contributed by atoms with Crippen molar-refractivity contribution >= 4 is 28.8 Å². The summed E-state index contributed by atoms with van der Waals surface area (Å²) >= 11 is 6.64. The monoisotopic (exact) mass is 353 g/mol. The van der Waals surface area contributed by atoms with Gasteiger partial charge in [-0.3, -0.25) is 0 Å². The van der Waals surface area contributed by atoms with Crippen molar-refractivity contribution < 1.29 is 0 Å². The first-order valence-electron chi connectivity index (χ1n) is 9.38. The molecule has 1 aromatic carbocycles. The topological polar surface area (TPSA) is 50.9 Å². The number of pyridine rings is 1. The second kappa shape index (κ2) is 5.63. The Morgan fingerprint density at radius 1 is 1.00 bits per heavy atom. The average molecular weight is 354 g/mol. The number of rotatable bonds is 3.